The molecule has 0 aliphatic carbocycles. The summed E-state index contributed by atoms with van der Waals surface area (Å²) in [6.07, 6.45) is 1.85. The molecule has 0 aliphatic rings. The molecule has 0 spiro atoms. The molecule has 0 unspecified atom stereocenters. The highest BCUT2D eigenvalue weighted by Crippen LogP contribution is 2.24. The molecule has 3 aromatic heterocycles. The van der Waals surface area contributed by atoms with Gasteiger partial charge in [0.15, 0.2) is 5.16 Å². The predicted molar refractivity (Wildman–Crippen MR) is 118 cm³/mol. The summed E-state index contributed by atoms with van der Waals surface area (Å²) in [5, 5.41) is 14.4. The second kappa shape index (κ2) is 8.56. The lowest BCUT2D eigenvalue weighted by Gasteiger charge is -2.09. The summed E-state index contributed by atoms with van der Waals surface area (Å²) in [6, 6.07) is 8.83. The highest BCUT2D eigenvalue weighted by atomic mass is 35.5. The molecule has 7 nitrogen and oxygen atoms in total. The highest BCUT2D eigenvalue weighted by Gasteiger charge is 2.18. The van der Waals surface area contributed by atoms with Crippen molar-refractivity contribution in [3.8, 4) is 0 Å². The lowest BCUT2D eigenvalue weighted by atomic mass is 10.3. The first-order valence-electron chi connectivity index (χ1n) is 9.12. The van der Waals surface area contributed by atoms with E-state index in [2.05, 4.69) is 22.4 Å². The van der Waals surface area contributed by atoms with Gasteiger partial charge in [0.1, 0.15) is 4.70 Å². The lowest BCUT2D eigenvalue weighted by Crippen LogP contribution is -2.22. The van der Waals surface area contributed by atoms with Gasteiger partial charge in [0.25, 0.3) is 5.56 Å². The molecule has 0 fully saturated rings. The standard InChI is InChI=1S/C19H18ClN5O2S2/c1-2-3-9-24-17(27)16-14(8-10-28-16)25-18(24)22-23-19(25)29-11-15(26)21-13-6-4-12(20)5-7-13/h4-8,10H,2-3,9,11H2,1H3,(H,21,26). The first-order valence-corrected chi connectivity index (χ1v) is 11.4. The van der Waals surface area contributed by atoms with Crippen LogP contribution in [0, 0.1) is 0 Å². The Labute approximate surface area is 179 Å². The first-order chi connectivity index (χ1) is 14.1. The number of fused-ring (bicyclic) bond motifs is 3. The van der Waals surface area contributed by atoms with Crippen LogP contribution in [-0.2, 0) is 11.3 Å². The minimum absolute atomic E-state index is 0.0413. The van der Waals surface area contributed by atoms with E-state index in [4.69, 9.17) is 11.6 Å². The summed E-state index contributed by atoms with van der Waals surface area (Å²) in [4.78, 5) is 25.2. The zero-order chi connectivity index (χ0) is 20.4. The highest BCUT2D eigenvalue weighted by molar-refractivity contribution is 7.99. The number of carbonyl (C=O) groups excluding carboxylic acids is 1. The van der Waals surface area contributed by atoms with Gasteiger partial charge in [-0.1, -0.05) is 36.7 Å². The molecule has 1 amide bonds. The average Bonchev–Trinajstić information content (AvgIpc) is 3.35. The van der Waals surface area contributed by atoms with Crippen LogP contribution in [0.4, 0.5) is 5.69 Å². The molecule has 0 radical (unpaired) electrons. The molecule has 1 aromatic carbocycles. The number of aryl methyl sites for hydroxylation is 1. The smallest absolute Gasteiger partial charge is 0.272 e. The molecule has 29 heavy (non-hydrogen) atoms. The maximum Gasteiger partial charge on any atom is 0.272 e. The number of nitrogens with one attached hydrogen (secondary N) is 1. The fraction of sp³-hybridized carbons (Fsp3) is 0.263. The van der Waals surface area contributed by atoms with E-state index in [1.54, 1.807) is 28.8 Å². The number of thioether (sulfide) groups is 1. The summed E-state index contributed by atoms with van der Waals surface area (Å²) in [5.41, 5.74) is 1.41. The van der Waals surface area contributed by atoms with E-state index in [-0.39, 0.29) is 17.2 Å². The van der Waals surface area contributed by atoms with E-state index in [0.717, 1.165) is 18.4 Å². The van der Waals surface area contributed by atoms with Gasteiger partial charge in [-0.3, -0.25) is 18.6 Å². The largest absolute Gasteiger partial charge is 0.325 e. The van der Waals surface area contributed by atoms with Crippen molar-refractivity contribution in [2.75, 3.05) is 11.1 Å². The van der Waals surface area contributed by atoms with Gasteiger partial charge in [-0.25, -0.2) is 0 Å². The zero-order valence-corrected chi connectivity index (χ0v) is 18.0. The molecule has 0 atom stereocenters. The second-order valence-electron chi connectivity index (χ2n) is 6.41. The number of anilines is 1. The predicted octanol–water partition coefficient (Wildman–Crippen LogP) is 4.29. The maximum atomic E-state index is 12.8. The molecule has 10 heteroatoms. The number of benzene rings is 1. The number of unbranched alkanes of at least 4 members (excludes halogenated alkanes) is 1. The Kier molecular flexibility index (Phi) is 5.89. The van der Waals surface area contributed by atoms with Crippen LogP contribution >= 0.6 is 34.7 Å². The van der Waals surface area contributed by atoms with E-state index in [1.165, 1.54) is 23.1 Å². The Balaban J connectivity index is 1.61. The van der Waals surface area contributed by atoms with Crippen LogP contribution in [0.25, 0.3) is 16.0 Å². The van der Waals surface area contributed by atoms with Crippen LogP contribution in [0.3, 0.4) is 0 Å². The Hall–Kier alpha value is -2.36. The van der Waals surface area contributed by atoms with Crippen molar-refractivity contribution in [2.24, 2.45) is 0 Å². The van der Waals surface area contributed by atoms with Gasteiger partial charge in [-0.2, -0.15) is 0 Å². The summed E-state index contributed by atoms with van der Waals surface area (Å²) >= 11 is 8.56. The number of nitrogens with zero attached hydrogens (tertiary/aromatic N) is 4. The number of halogens is 1. The van der Waals surface area contributed by atoms with Gasteiger partial charge < -0.3 is 5.32 Å². The molecular weight excluding hydrogens is 430 g/mol. The maximum absolute atomic E-state index is 12.8. The van der Waals surface area contributed by atoms with Gasteiger partial charge in [0.05, 0.1) is 11.3 Å². The topological polar surface area (TPSA) is 81.3 Å². The van der Waals surface area contributed by atoms with Crippen LogP contribution in [0.5, 0.6) is 0 Å². The molecule has 1 N–H and O–H groups in total. The molecule has 4 rings (SSSR count). The molecule has 0 bridgehead atoms. The summed E-state index contributed by atoms with van der Waals surface area (Å²) in [6.45, 7) is 2.67. The summed E-state index contributed by atoms with van der Waals surface area (Å²) in [5.74, 6) is 0.522. The van der Waals surface area contributed by atoms with Crippen LogP contribution in [0.2, 0.25) is 5.02 Å². The zero-order valence-electron chi connectivity index (χ0n) is 15.6. The van der Waals surface area contributed by atoms with E-state index >= 15 is 0 Å². The SMILES string of the molecule is CCCCn1c(=O)c2sccc2n2c(SCC(=O)Nc3ccc(Cl)cc3)nnc12. The monoisotopic (exact) mass is 447 g/mol. The van der Waals surface area contributed by atoms with E-state index in [1.807, 2.05) is 15.8 Å². The fourth-order valence-corrected chi connectivity index (χ4v) is 4.66. The minimum atomic E-state index is -0.157. The molecule has 0 saturated heterocycles. The Morgan fingerprint density at radius 2 is 2.03 bits per heavy atom. The third-order valence-electron chi connectivity index (χ3n) is 4.38. The number of hydrogen-bond acceptors (Lipinski definition) is 6. The number of aromatic nitrogens is 4. The van der Waals surface area contributed by atoms with E-state index < -0.39 is 0 Å². The van der Waals surface area contributed by atoms with Gasteiger partial charge in [0, 0.05) is 17.3 Å². The van der Waals surface area contributed by atoms with Crippen LogP contribution in [0.1, 0.15) is 19.8 Å². The Morgan fingerprint density at radius 1 is 1.24 bits per heavy atom. The fourth-order valence-electron chi connectivity index (χ4n) is 2.97. The van der Waals surface area contributed by atoms with Crippen LogP contribution < -0.4 is 10.9 Å². The summed E-state index contributed by atoms with van der Waals surface area (Å²) < 4.78 is 4.21. The molecule has 4 aromatic rings. The quantitative estimate of drug-likeness (QED) is 0.427. The molecule has 0 saturated carbocycles. The van der Waals surface area contributed by atoms with Gasteiger partial charge >= 0.3 is 0 Å². The third kappa shape index (κ3) is 4.03. The van der Waals surface area contributed by atoms with Crippen LogP contribution in [-0.4, -0.2) is 30.8 Å². The van der Waals surface area contributed by atoms with Crippen molar-refractivity contribution in [1.29, 1.82) is 0 Å². The van der Waals surface area contributed by atoms with Gasteiger partial charge in [-0.05, 0) is 42.1 Å². The minimum Gasteiger partial charge on any atom is -0.325 e. The number of rotatable bonds is 7. The van der Waals surface area contributed by atoms with E-state index in [0.29, 0.717) is 32.9 Å². The Bertz CT molecular complexity index is 1230. The number of carbonyl (C=O) groups is 1. The van der Waals surface area contributed by atoms with Crippen molar-refractivity contribution >= 4 is 62.3 Å². The van der Waals surface area contributed by atoms with Crippen molar-refractivity contribution < 1.29 is 4.79 Å². The van der Waals surface area contributed by atoms with Crippen LogP contribution in [0.15, 0.2) is 45.7 Å². The first kappa shape index (κ1) is 19.9. The third-order valence-corrected chi connectivity index (χ3v) is 6.45. The lowest BCUT2D eigenvalue weighted by molar-refractivity contribution is -0.113. The average molecular weight is 448 g/mol. The number of thiophene rings is 1. The molecular formula is C19H18ClN5O2S2. The number of hydrogen-bond donors (Lipinski definition) is 1. The van der Waals surface area contributed by atoms with Crippen molar-refractivity contribution in [2.45, 2.75) is 31.5 Å². The van der Waals surface area contributed by atoms with E-state index in [9.17, 15) is 9.59 Å². The Morgan fingerprint density at radius 3 is 2.79 bits per heavy atom. The second-order valence-corrected chi connectivity index (χ2v) is 8.70. The molecule has 150 valence electrons. The van der Waals surface area contributed by atoms with Crippen molar-refractivity contribution in [1.82, 2.24) is 19.2 Å². The van der Waals surface area contributed by atoms with Gasteiger partial charge in [-0.15, -0.1) is 21.5 Å². The molecule has 0 aliphatic heterocycles. The molecule has 3 heterocycles. The van der Waals surface area contributed by atoms with Gasteiger partial charge in [0.2, 0.25) is 11.7 Å². The normalized spacial score (nSPS) is 11.4. The summed E-state index contributed by atoms with van der Waals surface area (Å²) in [7, 11) is 0. The number of amides is 1. The van der Waals surface area contributed by atoms with Crippen molar-refractivity contribution in [3.63, 3.8) is 0 Å². The van der Waals surface area contributed by atoms with Crippen molar-refractivity contribution in [3.05, 3.63) is 51.1 Å².